The van der Waals surface area contributed by atoms with Crippen LogP contribution in [0.25, 0.3) is 0 Å². The minimum atomic E-state index is -0.0562. The summed E-state index contributed by atoms with van der Waals surface area (Å²) in [5, 5.41) is 0.493. The Balaban J connectivity index is 2.87. The molecule has 5 heteroatoms. The lowest BCUT2D eigenvalue weighted by molar-refractivity contribution is 0.0794. The van der Waals surface area contributed by atoms with Crippen molar-refractivity contribution in [3.05, 3.63) is 28.8 Å². The molecule has 3 nitrogen and oxygen atoms in total. The van der Waals surface area contributed by atoms with Gasteiger partial charge in [-0.05, 0) is 37.4 Å². The van der Waals surface area contributed by atoms with Crippen LogP contribution in [0.1, 0.15) is 16.8 Å². The minimum Gasteiger partial charge on any atom is -0.342 e. The van der Waals surface area contributed by atoms with E-state index in [9.17, 15) is 4.79 Å². The lowest BCUT2D eigenvalue weighted by atomic mass is 10.2. The number of halogens is 1. The van der Waals surface area contributed by atoms with Gasteiger partial charge < -0.3 is 10.6 Å². The zero-order chi connectivity index (χ0) is 12.8. The van der Waals surface area contributed by atoms with Gasteiger partial charge in [0, 0.05) is 18.5 Å². The van der Waals surface area contributed by atoms with Crippen LogP contribution in [-0.4, -0.2) is 37.2 Å². The molecule has 94 valence electrons. The van der Waals surface area contributed by atoms with Crippen molar-refractivity contribution >= 4 is 29.3 Å². The van der Waals surface area contributed by atoms with E-state index in [1.54, 1.807) is 29.8 Å². The van der Waals surface area contributed by atoms with Gasteiger partial charge in [-0.25, -0.2) is 0 Å². The second kappa shape index (κ2) is 6.89. The molecule has 0 saturated carbocycles. The maximum atomic E-state index is 12.1. The highest BCUT2D eigenvalue weighted by atomic mass is 35.5. The van der Waals surface area contributed by atoms with E-state index < -0.39 is 0 Å². The first kappa shape index (κ1) is 14.4. The van der Waals surface area contributed by atoms with Crippen LogP contribution in [0, 0.1) is 0 Å². The first-order chi connectivity index (χ1) is 8.10. The third-order valence-corrected chi connectivity index (χ3v) is 3.50. The fourth-order valence-corrected chi connectivity index (χ4v) is 2.07. The standard InChI is InChI=1S/C12H17ClN2OS/c1-15(7-3-6-14)12(16)10-8-9(17-2)4-5-11(10)13/h4-5,8H,3,6-7,14H2,1-2H3. The van der Waals surface area contributed by atoms with Gasteiger partial charge in [0.2, 0.25) is 0 Å². The Labute approximate surface area is 111 Å². The van der Waals surface area contributed by atoms with Gasteiger partial charge in [-0.2, -0.15) is 0 Å². The highest BCUT2D eigenvalue weighted by Crippen LogP contribution is 2.23. The molecule has 0 saturated heterocycles. The van der Waals surface area contributed by atoms with Crippen molar-refractivity contribution in [1.29, 1.82) is 0 Å². The molecule has 0 bridgehead atoms. The first-order valence-corrected chi connectivity index (χ1v) is 6.99. The fraction of sp³-hybridized carbons (Fsp3) is 0.417. The van der Waals surface area contributed by atoms with Crippen molar-refractivity contribution in [2.75, 3.05) is 26.4 Å². The smallest absolute Gasteiger partial charge is 0.255 e. The van der Waals surface area contributed by atoms with Crippen molar-refractivity contribution in [1.82, 2.24) is 4.90 Å². The molecule has 0 aromatic heterocycles. The molecule has 0 spiro atoms. The summed E-state index contributed by atoms with van der Waals surface area (Å²) >= 11 is 7.63. The predicted molar refractivity (Wildman–Crippen MR) is 73.9 cm³/mol. The summed E-state index contributed by atoms with van der Waals surface area (Å²) in [6.07, 6.45) is 2.76. The number of rotatable bonds is 5. The van der Waals surface area contributed by atoms with Crippen LogP contribution in [0.3, 0.4) is 0 Å². The summed E-state index contributed by atoms with van der Waals surface area (Å²) in [4.78, 5) is 14.8. The highest BCUT2D eigenvalue weighted by Gasteiger charge is 2.15. The van der Waals surface area contributed by atoms with Crippen LogP contribution >= 0.6 is 23.4 Å². The summed E-state index contributed by atoms with van der Waals surface area (Å²) in [6, 6.07) is 5.50. The topological polar surface area (TPSA) is 46.3 Å². The van der Waals surface area contributed by atoms with Crippen molar-refractivity contribution in [3.8, 4) is 0 Å². The lowest BCUT2D eigenvalue weighted by Gasteiger charge is -2.17. The molecule has 0 unspecified atom stereocenters. The van der Waals surface area contributed by atoms with Crippen molar-refractivity contribution in [2.24, 2.45) is 5.73 Å². The van der Waals surface area contributed by atoms with Crippen LogP contribution in [0.4, 0.5) is 0 Å². The SMILES string of the molecule is CSc1ccc(Cl)c(C(=O)N(C)CCCN)c1. The van der Waals surface area contributed by atoms with Gasteiger partial charge in [-0.3, -0.25) is 4.79 Å². The second-order valence-corrected chi connectivity index (χ2v) is 5.00. The summed E-state index contributed by atoms with van der Waals surface area (Å²) in [5.41, 5.74) is 5.98. The van der Waals surface area contributed by atoms with E-state index in [4.69, 9.17) is 17.3 Å². The maximum absolute atomic E-state index is 12.1. The molecule has 0 aliphatic rings. The molecule has 0 fully saturated rings. The largest absolute Gasteiger partial charge is 0.342 e. The summed E-state index contributed by atoms with van der Waals surface area (Å²) in [6.45, 7) is 1.23. The molecule has 2 N–H and O–H groups in total. The molecule has 1 amide bonds. The number of amides is 1. The van der Waals surface area contributed by atoms with Crippen LogP contribution in [0.15, 0.2) is 23.1 Å². The number of hydrogen-bond acceptors (Lipinski definition) is 3. The van der Waals surface area contributed by atoms with Crippen molar-refractivity contribution < 1.29 is 4.79 Å². The van der Waals surface area contributed by atoms with E-state index in [0.717, 1.165) is 11.3 Å². The quantitative estimate of drug-likeness (QED) is 0.838. The molecule has 1 aromatic carbocycles. The van der Waals surface area contributed by atoms with E-state index in [1.165, 1.54) is 0 Å². The van der Waals surface area contributed by atoms with E-state index in [0.29, 0.717) is 23.7 Å². The lowest BCUT2D eigenvalue weighted by Crippen LogP contribution is -2.29. The number of nitrogens with zero attached hydrogens (tertiary/aromatic N) is 1. The number of carbonyl (C=O) groups is 1. The maximum Gasteiger partial charge on any atom is 0.255 e. The normalized spacial score (nSPS) is 10.4. The third kappa shape index (κ3) is 3.91. The molecule has 17 heavy (non-hydrogen) atoms. The number of carbonyl (C=O) groups excluding carboxylic acids is 1. The van der Waals surface area contributed by atoms with Gasteiger partial charge in [-0.1, -0.05) is 11.6 Å². The summed E-state index contributed by atoms with van der Waals surface area (Å²) in [5.74, 6) is -0.0562. The second-order valence-electron chi connectivity index (χ2n) is 3.71. The van der Waals surface area contributed by atoms with E-state index in [2.05, 4.69) is 0 Å². The number of benzene rings is 1. The number of thioether (sulfide) groups is 1. The average Bonchev–Trinajstić information content (AvgIpc) is 2.35. The predicted octanol–water partition coefficient (Wildman–Crippen LogP) is 2.48. The van der Waals surface area contributed by atoms with Crippen LogP contribution in [0.5, 0.6) is 0 Å². The van der Waals surface area contributed by atoms with Gasteiger partial charge in [0.15, 0.2) is 0 Å². The van der Waals surface area contributed by atoms with Gasteiger partial charge >= 0.3 is 0 Å². The molecule has 0 radical (unpaired) electrons. The molecule has 0 aliphatic heterocycles. The van der Waals surface area contributed by atoms with E-state index in [1.807, 2.05) is 18.4 Å². The van der Waals surface area contributed by atoms with Crippen LogP contribution in [-0.2, 0) is 0 Å². The Morgan fingerprint density at radius 3 is 2.82 bits per heavy atom. The first-order valence-electron chi connectivity index (χ1n) is 5.39. The Bertz CT molecular complexity index is 398. The fourth-order valence-electron chi connectivity index (χ4n) is 1.43. The van der Waals surface area contributed by atoms with Gasteiger partial charge in [-0.15, -0.1) is 11.8 Å². The number of nitrogens with two attached hydrogens (primary N) is 1. The number of hydrogen-bond donors (Lipinski definition) is 1. The molecular formula is C12H17ClN2OS. The van der Waals surface area contributed by atoms with Gasteiger partial charge in [0.1, 0.15) is 0 Å². The Kier molecular flexibility index (Phi) is 5.82. The summed E-state index contributed by atoms with van der Waals surface area (Å²) in [7, 11) is 1.76. The zero-order valence-electron chi connectivity index (χ0n) is 10.1. The Morgan fingerprint density at radius 2 is 2.24 bits per heavy atom. The Hall–Kier alpha value is -0.710. The van der Waals surface area contributed by atoms with Crippen molar-refractivity contribution in [2.45, 2.75) is 11.3 Å². The third-order valence-electron chi connectivity index (χ3n) is 2.45. The molecule has 0 atom stereocenters. The van der Waals surface area contributed by atoms with Gasteiger partial charge in [0.25, 0.3) is 5.91 Å². The molecule has 0 aliphatic carbocycles. The van der Waals surface area contributed by atoms with Crippen molar-refractivity contribution in [3.63, 3.8) is 0 Å². The van der Waals surface area contributed by atoms with E-state index >= 15 is 0 Å². The monoisotopic (exact) mass is 272 g/mol. The van der Waals surface area contributed by atoms with Crippen LogP contribution < -0.4 is 5.73 Å². The minimum absolute atomic E-state index is 0.0562. The van der Waals surface area contributed by atoms with Gasteiger partial charge in [0.05, 0.1) is 10.6 Å². The van der Waals surface area contributed by atoms with Crippen LogP contribution in [0.2, 0.25) is 5.02 Å². The average molecular weight is 273 g/mol. The highest BCUT2D eigenvalue weighted by molar-refractivity contribution is 7.98. The summed E-state index contributed by atoms with van der Waals surface area (Å²) < 4.78 is 0. The molecule has 1 rings (SSSR count). The zero-order valence-corrected chi connectivity index (χ0v) is 11.6. The van der Waals surface area contributed by atoms with E-state index in [-0.39, 0.29) is 5.91 Å². The molecule has 1 aromatic rings. The molecule has 0 heterocycles. The Morgan fingerprint density at radius 1 is 1.53 bits per heavy atom. The molecular weight excluding hydrogens is 256 g/mol.